The normalized spacial score (nSPS) is 12.8. The zero-order chi connectivity index (χ0) is 14.3. The summed E-state index contributed by atoms with van der Waals surface area (Å²) in [4.78, 5) is 21.4. The van der Waals surface area contributed by atoms with Crippen LogP contribution in [0.3, 0.4) is 0 Å². The van der Waals surface area contributed by atoms with Crippen LogP contribution in [0.2, 0.25) is 0 Å². The van der Waals surface area contributed by atoms with Gasteiger partial charge in [-0.1, -0.05) is 5.01 Å². The van der Waals surface area contributed by atoms with Gasteiger partial charge < -0.3 is 21.3 Å². The van der Waals surface area contributed by atoms with Crippen LogP contribution in [0.15, 0.2) is 0 Å². The van der Waals surface area contributed by atoms with E-state index in [0.29, 0.717) is 5.01 Å². The molecular weight excluding hydrogens is 282 g/mol. The van der Waals surface area contributed by atoms with Gasteiger partial charge >= 0.3 is 5.97 Å². The fourth-order valence-corrected chi connectivity index (χ4v) is 1.22. The van der Waals surface area contributed by atoms with Gasteiger partial charge in [-0.25, -0.2) is 14.9 Å². The van der Waals surface area contributed by atoms with Crippen molar-refractivity contribution in [2.75, 3.05) is 13.7 Å². The number of hydrazine groups is 1. The third-order valence-electron chi connectivity index (χ3n) is 2.23. The van der Waals surface area contributed by atoms with Gasteiger partial charge in [-0.2, -0.15) is 0 Å². The van der Waals surface area contributed by atoms with Gasteiger partial charge in [0.1, 0.15) is 0 Å². The van der Waals surface area contributed by atoms with Crippen molar-refractivity contribution in [2.45, 2.75) is 25.0 Å². The van der Waals surface area contributed by atoms with Crippen LogP contribution in [0.25, 0.3) is 0 Å². The van der Waals surface area contributed by atoms with Crippen LogP contribution in [0.1, 0.15) is 12.8 Å². The Morgan fingerprint density at radius 2 is 2.16 bits per heavy atom. The molecule has 0 aromatic rings. The molecule has 0 aromatic heterocycles. The third-order valence-corrected chi connectivity index (χ3v) is 2.23. The molecule has 0 bridgehead atoms. The number of aliphatic hydroxyl groups is 1. The number of nitrogens with two attached hydrogens (primary N) is 2. The lowest BCUT2D eigenvalue weighted by molar-refractivity contribution is -0.629. The highest BCUT2D eigenvalue weighted by Crippen LogP contribution is 2.03. The van der Waals surface area contributed by atoms with E-state index in [2.05, 4.69) is 4.74 Å². The highest BCUT2D eigenvalue weighted by Gasteiger charge is 2.24. The lowest BCUT2D eigenvalue weighted by Gasteiger charge is -2.17. The third kappa shape index (κ3) is 6.74. The number of aliphatic hydroxyl groups excluding tert-OH is 1. The molecule has 19 heavy (non-hydrogen) atoms. The van der Waals surface area contributed by atoms with Gasteiger partial charge in [-0.15, -0.1) is 12.4 Å². The Bertz CT molecular complexity index is 315. The molecule has 0 aliphatic rings. The van der Waals surface area contributed by atoms with Crippen LogP contribution >= 0.6 is 12.4 Å². The topological polar surface area (TPSA) is 169 Å². The number of nitrogens with one attached hydrogen (secondary N) is 1. The standard InChI is InChI=1S/C8H17N5O5.ClH/c1-18-7(15)6(14)5(9)3-2-4-12(8(10)11)13(16)17;/h5-6,14H,2-4,9H2,1H3,(H3,10,11);1H/t5-,6?;/m0./s1. The number of methoxy groups -OCH3 is 1. The summed E-state index contributed by atoms with van der Waals surface area (Å²) in [5.74, 6) is -1.55. The summed E-state index contributed by atoms with van der Waals surface area (Å²) in [6.45, 7) is -0.135. The Labute approximate surface area is 115 Å². The van der Waals surface area contributed by atoms with Crippen LogP contribution in [0, 0.1) is 15.5 Å². The maximum Gasteiger partial charge on any atom is 0.336 e. The van der Waals surface area contributed by atoms with Crippen molar-refractivity contribution >= 4 is 24.3 Å². The SMILES string of the molecule is COC(=O)C(O)[C@@H](N)CCCN(C(=N)N)[N+](=O)[O-].Cl. The van der Waals surface area contributed by atoms with Crippen LogP contribution < -0.4 is 11.5 Å². The largest absolute Gasteiger partial charge is 0.467 e. The number of ether oxygens (including phenoxy) is 1. The summed E-state index contributed by atoms with van der Waals surface area (Å²) in [5, 5.41) is 26.4. The molecule has 0 amide bonds. The van der Waals surface area contributed by atoms with Crippen molar-refractivity contribution in [2.24, 2.45) is 11.5 Å². The Morgan fingerprint density at radius 1 is 1.63 bits per heavy atom. The highest BCUT2D eigenvalue weighted by atomic mass is 35.5. The van der Waals surface area contributed by atoms with E-state index in [0.717, 1.165) is 7.11 Å². The zero-order valence-electron chi connectivity index (χ0n) is 10.3. The smallest absolute Gasteiger partial charge is 0.336 e. The summed E-state index contributed by atoms with van der Waals surface area (Å²) in [6.07, 6.45) is -1.14. The first-order valence-corrected chi connectivity index (χ1v) is 5.08. The molecule has 0 heterocycles. The Balaban J connectivity index is 0. The van der Waals surface area contributed by atoms with Gasteiger partial charge in [-0.05, 0) is 12.8 Å². The number of carbonyl (C=O) groups is 1. The van der Waals surface area contributed by atoms with Gasteiger partial charge in [0, 0.05) is 6.04 Å². The van der Waals surface area contributed by atoms with E-state index in [4.69, 9.17) is 16.9 Å². The van der Waals surface area contributed by atoms with Crippen LogP contribution in [0.5, 0.6) is 0 Å². The molecule has 11 heteroatoms. The first-order chi connectivity index (χ1) is 8.31. The van der Waals surface area contributed by atoms with Crippen molar-refractivity contribution in [3.05, 3.63) is 10.1 Å². The molecular formula is C8H18ClN5O5. The van der Waals surface area contributed by atoms with E-state index in [1.165, 1.54) is 0 Å². The van der Waals surface area contributed by atoms with Crippen LogP contribution in [-0.4, -0.2) is 52.9 Å². The fraction of sp³-hybridized carbons (Fsp3) is 0.750. The summed E-state index contributed by atoms with van der Waals surface area (Å²) < 4.78 is 4.30. The van der Waals surface area contributed by atoms with E-state index in [9.17, 15) is 20.0 Å². The van der Waals surface area contributed by atoms with Crippen LogP contribution in [-0.2, 0) is 9.53 Å². The molecule has 0 rings (SSSR count). The van der Waals surface area contributed by atoms with Gasteiger partial charge in [0.25, 0.3) is 5.96 Å². The molecule has 1 unspecified atom stereocenters. The number of rotatable bonds is 7. The predicted molar refractivity (Wildman–Crippen MR) is 68.1 cm³/mol. The average molecular weight is 300 g/mol. The number of hydrogen-bond donors (Lipinski definition) is 4. The molecule has 0 radical (unpaired) electrons. The Kier molecular flexibility index (Phi) is 9.64. The fourth-order valence-electron chi connectivity index (χ4n) is 1.22. The summed E-state index contributed by atoms with van der Waals surface area (Å²) in [7, 11) is 1.11. The molecule has 0 saturated heterocycles. The van der Waals surface area contributed by atoms with Crippen molar-refractivity contribution in [3.8, 4) is 0 Å². The second-order valence-electron chi connectivity index (χ2n) is 3.52. The van der Waals surface area contributed by atoms with E-state index in [1.807, 2.05) is 0 Å². The Morgan fingerprint density at radius 3 is 2.53 bits per heavy atom. The molecule has 0 aliphatic carbocycles. The molecule has 0 spiro atoms. The lowest BCUT2D eigenvalue weighted by atomic mass is 10.1. The molecule has 0 aromatic carbocycles. The zero-order valence-corrected chi connectivity index (χ0v) is 11.1. The monoisotopic (exact) mass is 299 g/mol. The number of guanidine groups is 1. The van der Waals surface area contributed by atoms with Gasteiger partial charge in [0.05, 0.1) is 13.7 Å². The molecule has 112 valence electrons. The minimum absolute atomic E-state index is 0. The number of hydrogen-bond acceptors (Lipinski definition) is 7. The highest BCUT2D eigenvalue weighted by molar-refractivity contribution is 5.85. The maximum atomic E-state index is 10.9. The molecule has 10 nitrogen and oxygen atoms in total. The molecule has 0 saturated carbocycles. The summed E-state index contributed by atoms with van der Waals surface area (Å²) in [5.41, 5.74) is 10.5. The van der Waals surface area contributed by atoms with Gasteiger partial charge in [-0.3, -0.25) is 5.41 Å². The van der Waals surface area contributed by atoms with E-state index < -0.39 is 29.1 Å². The maximum absolute atomic E-state index is 10.9. The van der Waals surface area contributed by atoms with Crippen molar-refractivity contribution < 1.29 is 19.7 Å². The summed E-state index contributed by atoms with van der Waals surface area (Å²) >= 11 is 0. The molecule has 6 N–H and O–H groups in total. The Hall–Kier alpha value is -1.65. The van der Waals surface area contributed by atoms with E-state index >= 15 is 0 Å². The van der Waals surface area contributed by atoms with Crippen LogP contribution in [0.4, 0.5) is 0 Å². The minimum atomic E-state index is -1.48. The first-order valence-electron chi connectivity index (χ1n) is 5.08. The van der Waals surface area contributed by atoms with Crippen molar-refractivity contribution in [1.82, 2.24) is 5.01 Å². The van der Waals surface area contributed by atoms with E-state index in [-0.39, 0.29) is 31.8 Å². The molecule has 2 atom stereocenters. The molecule has 0 aliphatic heterocycles. The van der Waals surface area contributed by atoms with E-state index in [1.54, 1.807) is 0 Å². The van der Waals surface area contributed by atoms with Crippen molar-refractivity contribution in [3.63, 3.8) is 0 Å². The number of carbonyl (C=O) groups excluding carboxylic acids is 1. The number of esters is 1. The lowest BCUT2D eigenvalue weighted by Crippen LogP contribution is -2.44. The second kappa shape index (κ2) is 9.30. The van der Waals surface area contributed by atoms with Crippen molar-refractivity contribution in [1.29, 1.82) is 5.41 Å². The molecule has 0 fully saturated rings. The minimum Gasteiger partial charge on any atom is -0.467 e. The average Bonchev–Trinajstić information content (AvgIpc) is 2.31. The number of nitrogens with zero attached hydrogens (tertiary/aromatic N) is 2. The van der Waals surface area contributed by atoms with Gasteiger partial charge in [0.15, 0.2) is 11.1 Å². The van der Waals surface area contributed by atoms with Gasteiger partial charge in [0.2, 0.25) is 0 Å². The summed E-state index contributed by atoms with van der Waals surface area (Å²) in [6, 6.07) is -0.891. The number of nitro groups is 1. The second-order valence-corrected chi connectivity index (χ2v) is 3.52. The number of halogens is 1. The first kappa shape index (κ1) is 19.7. The quantitative estimate of drug-likeness (QED) is 0.144. The predicted octanol–water partition coefficient (Wildman–Crippen LogP) is -1.56.